The smallest absolute Gasteiger partial charge is 0.550 e. The Hall–Kier alpha value is 0.430. The Morgan fingerprint density at radius 2 is 0.534 bits per heavy atom. The number of carbonyl (C=O) groups is 1. The third-order valence-corrected chi connectivity index (χ3v) is 13.2. The summed E-state index contributed by atoms with van der Waals surface area (Å²) in [7, 11) is 0. The molecule has 0 radical (unpaired) electrons. The van der Waals surface area contributed by atoms with Crippen molar-refractivity contribution in [2.45, 2.75) is 329 Å². The molecule has 0 spiro atoms. The number of aliphatic carboxylic acids is 1. The average molecular weight is 826 g/mol. The molecule has 58 heavy (non-hydrogen) atoms. The summed E-state index contributed by atoms with van der Waals surface area (Å²) in [4.78, 5) is 13.7. The zero-order chi connectivity index (χ0) is 41.4. The van der Waals surface area contributed by atoms with Crippen LogP contribution in [0, 0.1) is 0 Å². The Balaban J connectivity index is 0. The van der Waals surface area contributed by atoms with E-state index in [4.69, 9.17) is 0 Å². The van der Waals surface area contributed by atoms with Gasteiger partial charge in [0.25, 0.3) is 0 Å². The molecule has 342 valence electrons. The van der Waals surface area contributed by atoms with E-state index in [-0.39, 0.29) is 36.0 Å². The molecule has 0 aliphatic rings. The number of carbonyl (C=O) groups excluding carboxylic acids is 1. The SMILES string of the molecule is CCCCCCCCCCCCCCCCCCCCCCCCN(CCCCCCCCCCCCCCCCCCCCCCCC)C(C)CCCC(=O)[O-].[Na+]. The van der Waals surface area contributed by atoms with Gasteiger partial charge in [0.15, 0.2) is 0 Å². The molecule has 0 aromatic heterocycles. The van der Waals surface area contributed by atoms with Gasteiger partial charge in [0.1, 0.15) is 0 Å². The number of hydrogen-bond donors (Lipinski definition) is 0. The van der Waals surface area contributed by atoms with Crippen molar-refractivity contribution >= 4 is 5.97 Å². The van der Waals surface area contributed by atoms with Crippen LogP contribution < -0.4 is 34.7 Å². The minimum absolute atomic E-state index is 0. The van der Waals surface area contributed by atoms with E-state index < -0.39 is 5.97 Å². The van der Waals surface area contributed by atoms with Crippen LogP contribution in [0.15, 0.2) is 0 Å². The Kier molecular flexibility index (Phi) is 55.9. The molecular weight excluding hydrogens is 718 g/mol. The second-order valence-electron chi connectivity index (χ2n) is 19.0. The van der Waals surface area contributed by atoms with E-state index in [0.717, 1.165) is 12.8 Å². The fourth-order valence-corrected chi connectivity index (χ4v) is 9.12. The quantitative estimate of drug-likeness (QED) is 0.0453. The number of carboxylic acids is 1. The van der Waals surface area contributed by atoms with Crippen molar-refractivity contribution in [1.82, 2.24) is 4.90 Å². The maximum atomic E-state index is 11.0. The molecule has 3 nitrogen and oxygen atoms in total. The predicted molar refractivity (Wildman–Crippen MR) is 254 cm³/mol. The van der Waals surface area contributed by atoms with Gasteiger partial charge in [-0.05, 0) is 52.1 Å². The molecule has 1 atom stereocenters. The molecule has 0 aromatic carbocycles. The minimum atomic E-state index is -0.895. The normalized spacial score (nSPS) is 12.1. The molecule has 0 bridgehead atoms. The minimum Gasteiger partial charge on any atom is -0.550 e. The Morgan fingerprint density at radius 1 is 0.345 bits per heavy atom. The van der Waals surface area contributed by atoms with Gasteiger partial charge in [0.2, 0.25) is 0 Å². The van der Waals surface area contributed by atoms with E-state index in [2.05, 4.69) is 25.7 Å². The number of carboxylic acid groups (broad SMARTS) is 1. The van der Waals surface area contributed by atoms with Crippen molar-refractivity contribution in [3.8, 4) is 0 Å². The van der Waals surface area contributed by atoms with Gasteiger partial charge in [-0.15, -0.1) is 0 Å². The summed E-state index contributed by atoms with van der Waals surface area (Å²) >= 11 is 0. The first-order chi connectivity index (χ1) is 28.1. The van der Waals surface area contributed by atoms with Crippen LogP contribution in [-0.4, -0.2) is 30.0 Å². The zero-order valence-corrected chi connectivity index (χ0v) is 43.0. The van der Waals surface area contributed by atoms with Gasteiger partial charge in [-0.25, -0.2) is 0 Å². The third kappa shape index (κ3) is 50.8. The second kappa shape index (κ2) is 53.6. The van der Waals surface area contributed by atoms with Gasteiger partial charge in [0.05, 0.1) is 0 Å². The first-order valence-corrected chi connectivity index (χ1v) is 27.1. The van der Waals surface area contributed by atoms with Crippen molar-refractivity contribution in [2.24, 2.45) is 0 Å². The van der Waals surface area contributed by atoms with E-state index in [1.807, 2.05) is 0 Å². The van der Waals surface area contributed by atoms with Gasteiger partial charge in [-0.3, -0.25) is 0 Å². The summed E-state index contributed by atoms with van der Waals surface area (Å²) in [6.07, 6.45) is 65.0. The topological polar surface area (TPSA) is 43.4 Å². The Morgan fingerprint density at radius 3 is 0.724 bits per heavy atom. The third-order valence-electron chi connectivity index (χ3n) is 13.2. The van der Waals surface area contributed by atoms with Crippen LogP contribution in [0.25, 0.3) is 0 Å². The van der Waals surface area contributed by atoms with E-state index >= 15 is 0 Å². The number of unbranched alkanes of at least 4 members (excludes halogenated alkanes) is 42. The molecule has 0 fully saturated rings. The van der Waals surface area contributed by atoms with Crippen LogP contribution in [0.2, 0.25) is 0 Å². The van der Waals surface area contributed by atoms with Gasteiger partial charge in [0, 0.05) is 12.0 Å². The van der Waals surface area contributed by atoms with Crippen LogP contribution in [0.4, 0.5) is 0 Å². The van der Waals surface area contributed by atoms with Crippen LogP contribution in [-0.2, 0) is 4.79 Å². The molecule has 1 unspecified atom stereocenters. The predicted octanol–water partition coefficient (Wildman–Crippen LogP) is 14.8. The largest absolute Gasteiger partial charge is 1.00 e. The molecule has 0 rings (SSSR count). The number of rotatable bonds is 51. The molecule has 0 amide bonds. The van der Waals surface area contributed by atoms with Gasteiger partial charge >= 0.3 is 29.6 Å². The Bertz CT molecular complexity index is 699. The first kappa shape index (κ1) is 60.5. The summed E-state index contributed by atoms with van der Waals surface area (Å²) in [6, 6.07) is 0.481. The summed E-state index contributed by atoms with van der Waals surface area (Å²) in [5, 5.41) is 11.0. The molecule has 0 aliphatic heterocycles. The molecular formula is C54H108NNaO2. The van der Waals surface area contributed by atoms with Crippen LogP contribution in [0.3, 0.4) is 0 Å². The fraction of sp³-hybridized carbons (Fsp3) is 0.981. The van der Waals surface area contributed by atoms with Crippen molar-refractivity contribution in [2.75, 3.05) is 13.1 Å². The monoisotopic (exact) mass is 826 g/mol. The average Bonchev–Trinajstić information content (AvgIpc) is 3.20. The van der Waals surface area contributed by atoms with Gasteiger partial charge in [-0.1, -0.05) is 284 Å². The summed E-state index contributed by atoms with van der Waals surface area (Å²) in [5.74, 6) is -0.895. The van der Waals surface area contributed by atoms with E-state index in [1.54, 1.807) is 0 Å². The van der Waals surface area contributed by atoms with Crippen molar-refractivity contribution in [3.05, 3.63) is 0 Å². The van der Waals surface area contributed by atoms with E-state index in [1.165, 1.54) is 296 Å². The molecule has 4 heteroatoms. The molecule has 0 aliphatic carbocycles. The van der Waals surface area contributed by atoms with Crippen molar-refractivity contribution in [3.63, 3.8) is 0 Å². The van der Waals surface area contributed by atoms with E-state index in [9.17, 15) is 9.90 Å². The molecule has 0 heterocycles. The van der Waals surface area contributed by atoms with Crippen LogP contribution in [0.1, 0.15) is 323 Å². The molecule has 0 N–H and O–H groups in total. The van der Waals surface area contributed by atoms with Crippen LogP contribution in [0.5, 0.6) is 0 Å². The van der Waals surface area contributed by atoms with Gasteiger partial charge in [-0.2, -0.15) is 0 Å². The van der Waals surface area contributed by atoms with Crippen molar-refractivity contribution in [1.29, 1.82) is 0 Å². The molecule has 0 saturated heterocycles. The summed E-state index contributed by atoms with van der Waals surface area (Å²) < 4.78 is 0. The zero-order valence-electron chi connectivity index (χ0n) is 41.0. The summed E-state index contributed by atoms with van der Waals surface area (Å²) in [5.41, 5.74) is 0. The Labute approximate surface area is 389 Å². The number of hydrogen-bond acceptors (Lipinski definition) is 3. The number of nitrogens with zero attached hydrogens (tertiary/aromatic N) is 1. The van der Waals surface area contributed by atoms with Crippen molar-refractivity contribution < 1.29 is 39.5 Å². The molecule has 0 aromatic rings. The standard InChI is InChI=1S/C54H109NO2.Na/c1-4-6-8-10-12-14-16-18-20-22-24-26-28-30-32-34-36-38-40-42-44-46-51-55(53(3)49-48-50-54(56)57)52-47-45-43-41-39-37-35-33-31-29-27-25-23-21-19-17-15-13-11-9-7-5-2;/h53H,4-52H2,1-3H3,(H,56,57);/q;+1/p-1. The fourth-order valence-electron chi connectivity index (χ4n) is 9.12. The van der Waals surface area contributed by atoms with E-state index in [0.29, 0.717) is 6.04 Å². The first-order valence-electron chi connectivity index (χ1n) is 27.1. The maximum absolute atomic E-state index is 11.0. The summed E-state index contributed by atoms with van der Waals surface area (Å²) in [6.45, 7) is 9.30. The maximum Gasteiger partial charge on any atom is 1.00 e. The van der Waals surface area contributed by atoms with Gasteiger partial charge < -0.3 is 14.8 Å². The molecule has 0 saturated carbocycles. The van der Waals surface area contributed by atoms with Crippen LogP contribution >= 0.6 is 0 Å². The second-order valence-corrected chi connectivity index (χ2v) is 19.0.